The molecule has 4 rings (SSSR count). The van der Waals surface area contributed by atoms with Gasteiger partial charge in [-0.25, -0.2) is 4.98 Å². The van der Waals surface area contributed by atoms with E-state index in [0.717, 1.165) is 56.7 Å². The molecule has 0 N–H and O–H groups in total. The highest BCUT2D eigenvalue weighted by molar-refractivity contribution is 8.02. The average Bonchev–Trinajstić information content (AvgIpc) is 3.19. The molecular formula is C19H25N5OS. The molecule has 1 aromatic heterocycles. The fraction of sp³-hybridized carbons (Fsp3) is 0.421. The minimum Gasteiger partial charge on any atom is -0.493 e. The fourth-order valence-electron chi connectivity index (χ4n) is 3.28. The van der Waals surface area contributed by atoms with E-state index in [9.17, 15) is 0 Å². The van der Waals surface area contributed by atoms with Gasteiger partial charge in [-0.2, -0.15) is 0 Å². The van der Waals surface area contributed by atoms with E-state index in [0.29, 0.717) is 0 Å². The van der Waals surface area contributed by atoms with Crippen molar-refractivity contribution in [1.82, 2.24) is 9.88 Å². The van der Waals surface area contributed by atoms with Gasteiger partial charge in [0.15, 0.2) is 11.6 Å². The summed E-state index contributed by atoms with van der Waals surface area (Å²) >= 11 is 1.72. The lowest BCUT2D eigenvalue weighted by Crippen LogP contribution is -2.45. The van der Waals surface area contributed by atoms with Gasteiger partial charge in [0.2, 0.25) is 0 Å². The number of pyridine rings is 1. The Bertz CT molecular complexity index is 736. The van der Waals surface area contributed by atoms with Crippen LogP contribution in [0.3, 0.4) is 0 Å². The zero-order chi connectivity index (χ0) is 17.9. The second-order valence-electron chi connectivity index (χ2n) is 6.61. The first-order valence-corrected chi connectivity index (χ1v) is 9.74. The summed E-state index contributed by atoms with van der Waals surface area (Å²) in [6.45, 7) is 5.98. The first-order chi connectivity index (χ1) is 12.7. The molecule has 0 spiro atoms. The van der Waals surface area contributed by atoms with Crippen LogP contribution < -0.4 is 18.2 Å². The normalized spacial score (nSPS) is 18.5. The van der Waals surface area contributed by atoms with Crippen molar-refractivity contribution in [2.24, 2.45) is 0 Å². The summed E-state index contributed by atoms with van der Waals surface area (Å²) in [5, 5.41) is 0. The van der Waals surface area contributed by atoms with Crippen molar-refractivity contribution in [2.75, 3.05) is 66.9 Å². The topological polar surface area (TPSA) is 35.1 Å². The van der Waals surface area contributed by atoms with Gasteiger partial charge in [-0.3, -0.25) is 8.61 Å². The Morgan fingerprint density at radius 1 is 0.885 bits per heavy atom. The molecule has 2 aromatic rings. The van der Waals surface area contributed by atoms with Crippen LogP contribution in [0.5, 0.6) is 5.75 Å². The number of nitrogens with zero attached hydrogens (tertiary/aromatic N) is 5. The van der Waals surface area contributed by atoms with E-state index >= 15 is 0 Å². The molecule has 0 unspecified atom stereocenters. The molecule has 0 aliphatic carbocycles. The number of aromatic nitrogens is 1. The third-order valence-corrected chi connectivity index (χ3v) is 6.01. The Balaban J connectivity index is 1.53. The van der Waals surface area contributed by atoms with E-state index in [-0.39, 0.29) is 0 Å². The molecule has 3 heterocycles. The monoisotopic (exact) mass is 371 g/mol. The highest BCUT2D eigenvalue weighted by Crippen LogP contribution is 2.36. The van der Waals surface area contributed by atoms with E-state index in [2.05, 4.69) is 61.9 Å². The van der Waals surface area contributed by atoms with Gasteiger partial charge in [-0.1, -0.05) is 18.2 Å². The molecule has 2 aliphatic heterocycles. The molecule has 0 bridgehead atoms. The third-order valence-electron chi connectivity index (χ3n) is 4.85. The van der Waals surface area contributed by atoms with E-state index in [1.807, 2.05) is 6.07 Å². The molecule has 0 atom stereocenters. The lowest BCUT2D eigenvalue weighted by Gasteiger charge is -2.34. The Morgan fingerprint density at radius 3 is 2.35 bits per heavy atom. The van der Waals surface area contributed by atoms with Crippen LogP contribution in [0.15, 0.2) is 42.5 Å². The van der Waals surface area contributed by atoms with Gasteiger partial charge in [0.05, 0.1) is 25.8 Å². The number of likely N-dealkylation sites (N-methyl/N-ethyl adjacent to an activating group) is 1. The standard InChI is InChI=1S/C19H25N5OS/c1-21-10-12-22(13-11-21)19-17(25-2)8-9-18(20-19)24-15-14-23(26-24)16-6-4-3-5-7-16/h3-9H,10-15H2,1-2H3. The molecule has 6 nitrogen and oxygen atoms in total. The van der Waals surface area contributed by atoms with Crippen LogP contribution in [0, 0.1) is 0 Å². The number of methoxy groups -OCH3 is 1. The predicted octanol–water partition coefficient (Wildman–Crippen LogP) is 2.73. The zero-order valence-electron chi connectivity index (χ0n) is 15.3. The van der Waals surface area contributed by atoms with E-state index < -0.39 is 0 Å². The van der Waals surface area contributed by atoms with Gasteiger partial charge in [0.1, 0.15) is 5.82 Å². The molecule has 2 fully saturated rings. The number of anilines is 3. The highest BCUT2D eigenvalue weighted by Gasteiger charge is 2.26. The van der Waals surface area contributed by atoms with Gasteiger partial charge in [0, 0.05) is 38.4 Å². The summed E-state index contributed by atoms with van der Waals surface area (Å²) in [6.07, 6.45) is 0. The Labute approximate surface area is 159 Å². The van der Waals surface area contributed by atoms with E-state index in [4.69, 9.17) is 9.72 Å². The molecule has 1 aromatic carbocycles. The molecule has 0 radical (unpaired) electrons. The SMILES string of the molecule is COc1ccc(N2CCN(c3ccccc3)S2)nc1N1CCN(C)CC1. The summed E-state index contributed by atoms with van der Waals surface area (Å²) in [4.78, 5) is 9.64. The number of hydrogen-bond donors (Lipinski definition) is 0. The lowest BCUT2D eigenvalue weighted by molar-refractivity contribution is 0.310. The van der Waals surface area contributed by atoms with Crippen molar-refractivity contribution in [2.45, 2.75) is 0 Å². The summed E-state index contributed by atoms with van der Waals surface area (Å²) in [7, 11) is 3.88. The summed E-state index contributed by atoms with van der Waals surface area (Å²) in [6, 6.07) is 14.6. The van der Waals surface area contributed by atoms with Crippen molar-refractivity contribution < 1.29 is 4.74 Å². The summed E-state index contributed by atoms with van der Waals surface area (Å²) in [5.74, 6) is 2.79. The van der Waals surface area contributed by atoms with Crippen molar-refractivity contribution in [3.05, 3.63) is 42.5 Å². The molecule has 138 valence electrons. The quantitative estimate of drug-likeness (QED) is 0.765. The fourth-order valence-corrected chi connectivity index (χ4v) is 4.24. The van der Waals surface area contributed by atoms with Gasteiger partial charge in [-0.15, -0.1) is 0 Å². The lowest BCUT2D eigenvalue weighted by atomic mass is 10.3. The maximum Gasteiger partial charge on any atom is 0.173 e. The average molecular weight is 372 g/mol. The minimum atomic E-state index is 0.849. The molecule has 2 aliphatic rings. The number of ether oxygens (including phenoxy) is 1. The van der Waals surface area contributed by atoms with Crippen LogP contribution in [-0.4, -0.2) is 63.3 Å². The van der Waals surface area contributed by atoms with Crippen molar-refractivity contribution in [3.8, 4) is 5.75 Å². The summed E-state index contributed by atoms with van der Waals surface area (Å²) in [5.41, 5.74) is 1.23. The first kappa shape index (κ1) is 17.3. The van der Waals surface area contributed by atoms with E-state index in [1.54, 1.807) is 19.2 Å². The third kappa shape index (κ3) is 3.54. The van der Waals surface area contributed by atoms with Crippen LogP contribution in [-0.2, 0) is 0 Å². The largest absolute Gasteiger partial charge is 0.493 e. The minimum absolute atomic E-state index is 0.849. The van der Waals surface area contributed by atoms with E-state index in [1.165, 1.54) is 5.69 Å². The molecule has 0 saturated carbocycles. The zero-order valence-corrected chi connectivity index (χ0v) is 16.2. The molecule has 2 saturated heterocycles. The predicted molar refractivity (Wildman–Crippen MR) is 109 cm³/mol. The number of para-hydroxylation sites is 1. The van der Waals surface area contributed by atoms with Gasteiger partial charge in [-0.05, 0) is 31.3 Å². The van der Waals surface area contributed by atoms with Crippen LogP contribution in [0.4, 0.5) is 17.3 Å². The van der Waals surface area contributed by atoms with Crippen LogP contribution in [0.2, 0.25) is 0 Å². The van der Waals surface area contributed by atoms with Crippen LogP contribution in [0.1, 0.15) is 0 Å². The van der Waals surface area contributed by atoms with Gasteiger partial charge < -0.3 is 14.5 Å². The molecular weight excluding hydrogens is 346 g/mol. The second kappa shape index (κ2) is 7.63. The smallest absolute Gasteiger partial charge is 0.173 e. The molecule has 7 heteroatoms. The number of hydrogen-bond acceptors (Lipinski definition) is 7. The number of benzene rings is 1. The van der Waals surface area contributed by atoms with Crippen LogP contribution in [0.25, 0.3) is 0 Å². The van der Waals surface area contributed by atoms with Crippen molar-refractivity contribution in [1.29, 1.82) is 0 Å². The van der Waals surface area contributed by atoms with Gasteiger partial charge in [0.25, 0.3) is 0 Å². The number of piperazine rings is 1. The first-order valence-electron chi connectivity index (χ1n) is 9.01. The maximum absolute atomic E-state index is 5.58. The highest BCUT2D eigenvalue weighted by atomic mass is 32.2. The Hall–Kier alpha value is -2.12. The Kier molecular flexibility index (Phi) is 5.08. The van der Waals surface area contributed by atoms with Crippen molar-refractivity contribution >= 4 is 29.5 Å². The van der Waals surface area contributed by atoms with Gasteiger partial charge >= 0.3 is 0 Å². The summed E-state index contributed by atoms with van der Waals surface area (Å²) < 4.78 is 10.1. The maximum atomic E-state index is 5.58. The molecule has 0 amide bonds. The molecule has 26 heavy (non-hydrogen) atoms. The Morgan fingerprint density at radius 2 is 1.62 bits per heavy atom. The second-order valence-corrected chi connectivity index (χ2v) is 7.65. The van der Waals surface area contributed by atoms with Crippen molar-refractivity contribution in [3.63, 3.8) is 0 Å². The van der Waals surface area contributed by atoms with Crippen LogP contribution >= 0.6 is 12.1 Å². The number of rotatable bonds is 4.